The minimum absolute atomic E-state index is 0. The summed E-state index contributed by atoms with van der Waals surface area (Å²) in [5, 5.41) is 0. The van der Waals surface area contributed by atoms with E-state index < -0.39 is 5.72 Å². The van der Waals surface area contributed by atoms with Gasteiger partial charge in [-0.05, 0) is 12.8 Å². The molecule has 2 aliphatic heterocycles. The first kappa shape index (κ1) is 14.5. The number of nitrogens with zero attached hydrogens (tertiary/aromatic N) is 1. The van der Waals surface area contributed by atoms with E-state index in [9.17, 15) is 4.79 Å². The minimum atomic E-state index is -0.891. The van der Waals surface area contributed by atoms with Crippen molar-refractivity contribution in [3.8, 4) is 0 Å². The van der Waals surface area contributed by atoms with E-state index in [1.807, 2.05) is 30.3 Å². The summed E-state index contributed by atoms with van der Waals surface area (Å²) in [6, 6.07) is 9.33. The number of likely N-dealkylation sites (tertiary alicyclic amines) is 1. The second-order valence-corrected chi connectivity index (χ2v) is 4.78. The highest BCUT2D eigenvalue weighted by Crippen LogP contribution is 2.30. The Morgan fingerprint density at radius 2 is 1.84 bits per heavy atom. The Labute approximate surface area is 119 Å². The summed E-state index contributed by atoms with van der Waals surface area (Å²) in [5.41, 5.74) is -0.201. The summed E-state index contributed by atoms with van der Waals surface area (Å²) in [4.78, 5) is 14.8. The van der Waals surface area contributed by atoms with Crippen molar-refractivity contribution in [3.05, 3.63) is 35.9 Å². The molecule has 104 valence electrons. The van der Waals surface area contributed by atoms with Gasteiger partial charge in [-0.3, -0.25) is 9.69 Å². The van der Waals surface area contributed by atoms with E-state index in [1.54, 1.807) is 0 Å². The Hall–Kier alpha value is -0.940. The van der Waals surface area contributed by atoms with E-state index in [-0.39, 0.29) is 25.0 Å². The molecule has 2 fully saturated rings. The highest BCUT2D eigenvalue weighted by Gasteiger charge is 2.49. The summed E-state index contributed by atoms with van der Waals surface area (Å²) in [5.74, 6) is 0.0162. The Kier molecular flexibility index (Phi) is 4.58. The number of halogens is 1. The molecule has 0 amide bonds. The fourth-order valence-corrected chi connectivity index (χ4v) is 2.71. The van der Waals surface area contributed by atoms with Crippen molar-refractivity contribution in [2.45, 2.75) is 18.6 Å². The highest BCUT2D eigenvalue weighted by atomic mass is 35.5. The molecule has 5 heteroatoms. The van der Waals surface area contributed by atoms with Gasteiger partial charge in [0.25, 0.3) is 0 Å². The van der Waals surface area contributed by atoms with Crippen molar-refractivity contribution in [1.29, 1.82) is 0 Å². The topological polar surface area (TPSA) is 38.8 Å². The van der Waals surface area contributed by atoms with Crippen LogP contribution in [0.4, 0.5) is 0 Å². The zero-order valence-electron chi connectivity index (χ0n) is 10.7. The molecule has 0 saturated carbocycles. The van der Waals surface area contributed by atoms with Crippen molar-refractivity contribution in [3.63, 3.8) is 0 Å². The summed E-state index contributed by atoms with van der Waals surface area (Å²) < 4.78 is 11.0. The van der Waals surface area contributed by atoms with E-state index in [1.165, 1.54) is 0 Å². The first-order valence-corrected chi connectivity index (χ1v) is 6.39. The second kappa shape index (κ2) is 6.01. The molecule has 1 unspecified atom stereocenters. The lowest BCUT2D eigenvalue weighted by Gasteiger charge is -2.34. The van der Waals surface area contributed by atoms with Gasteiger partial charge in [0, 0.05) is 18.7 Å². The van der Waals surface area contributed by atoms with Crippen molar-refractivity contribution < 1.29 is 14.3 Å². The molecule has 0 aliphatic carbocycles. The molecule has 0 aromatic heterocycles. The van der Waals surface area contributed by atoms with Gasteiger partial charge in [0.1, 0.15) is 13.4 Å². The van der Waals surface area contributed by atoms with Crippen LogP contribution in [0.25, 0.3) is 0 Å². The van der Waals surface area contributed by atoms with Crippen LogP contribution < -0.4 is 0 Å². The predicted molar refractivity (Wildman–Crippen MR) is 73.5 cm³/mol. The molecule has 0 radical (unpaired) electrons. The van der Waals surface area contributed by atoms with Crippen LogP contribution in [0.15, 0.2) is 30.3 Å². The van der Waals surface area contributed by atoms with Crippen molar-refractivity contribution in [2.24, 2.45) is 0 Å². The number of benzene rings is 1. The number of ether oxygens (including phenoxy) is 2. The van der Waals surface area contributed by atoms with Crippen LogP contribution in [0, 0.1) is 0 Å². The SMILES string of the molecule is Cl.O=C(c1ccccc1)C1(N2CCCC2)COCO1. The molecule has 2 aliphatic rings. The van der Waals surface area contributed by atoms with Crippen LogP contribution in [-0.4, -0.2) is 42.9 Å². The van der Waals surface area contributed by atoms with Crippen LogP contribution in [-0.2, 0) is 9.47 Å². The lowest BCUT2D eigenvalue weighted by Crippen LogP contribution is -2.55. The summed E-state index contributed by atoms with van der Waals surface area (Å²) in [7, 11) is 0. The smallest absolute Gasteiger partial charge is 0.212 e. The lowest BCUT2D eigenvalue weighted by atomic mass is 10.00. The minimum Gasteiger partial charge on any atom is -0.350 e. The van der Waals surface area contributed by atoms with Crippen molar-refractivity contribution in [1.82, 2.24) is 4.90 Å². The number of ketones is 1. The molecule has 1 aromatic rings. The molecule has 1 aromatic carbocycles. The van der Waals surface area contributed by atoms with E-state index in [2.05, 4.69) is 4.90 Å². The molecular weight excluding hydrogens is 266 g/mol. The van der Waals surface area contributed by atoms with Gasteiger partial charge in [-0.1, -0.05) is 30.3 Å². The van der Waals surface area contributed by atoms with Gasteiger partial charge in [-0.25, -0.2) is 0 Å². The molecular formula is C14H18ClNO3. The molecule has 3 rings (SSSR count). The first-order valence-electron chi connectivity index (χ1n) is 6.39. The number of carbonyl (C=O) groups is 1. The Balaban J connectivity index is 0.00000133. The third-order valence-electron chi connectivity index (χ3n) is 3.69. The van der Waals surface area contributed by atoms with E-state index >= 15 is 0 Å². The zero-order valence-corrected chi connectivity index (χ0v) is 11.5. The largest absolute Gasteiger partial charge is 0.350 e. The average Bonchev–Trinajstić information content (AvgIpc) is 3.10. The molecule has 0 bridgehead atoms. The van der Waals surface area contributed by atoms with Gasteiger partial charge in [0.15, 0.2) is 0 Å². The van der Waals surface area contributed by atoms with E-state index in [0.29, 0.717) is 12.2 Å². The van der Waals surface area contributed by atoms with Gasteiger partial charge < -0.3 is 9.47 Å². The van der Waals surface area contributed by atoms with Crippen LogP contribution in [0.5, 0.6) is 0 Å². The average molecular weight is 284 g/mol. The molecule has 2 saturated heterocycles. The fraction of sp³-hybridized carbons (Fsp3) is 0.500. The molecule has 2 heterocycles. The van der Waals surface area contributed by atoms with Crippen LogP contribution >= 0.6 is 12.4 Å². The second-order valence-electron chi connectivity index (χ2n) is 4.78. The van der Waals surface area contributed by atoms with Gasteiger partial charge in [0.05, 0.1) is 0 Å². The summed E-state index contributed by atoms with van der Waals surface area (Å²) in [6.45, 7) is 2.35. The quantitative estimate of drug-likeness (QED) is 0.796. The summed E-state index contributed by atoms with van der Waals surface area (Å²) in [6.07, 6.45) is 2.24. The predicted octanol–water partition coefficient (Wildman–Crippen LogP) is 2.09. The Morgan fingerprint density at radius 3 is 2.42 bits per heavy atom. The maximum absolute atomic E-state index is 12.7. The molecule has 4 nitrogen and oxygen atoms in total. The number of hydrogen-bond donors (Lipinski definition) is 0. The zero-order chi connectivity index (χ0) is 12.4. The molecule has 0 spiro atoms. The van der Waals surface area contributed by atoms with Crippen LogP contribution in [0.1, 0.15) is 23.2 Å². The lowest BCUT2D eigenvalue weighted by molar-refractivity contribution is -0.0785. The van der Waals surface area contributed by atoms with Gasteiger partial charge in [-0.2, -0.15) is 0 Å². The third kappa shape index (κ3) is 2.54. The summed E-state index contributed by atoms with van der Waals surface area (Å²) >= 11 is 0. The standard InChI is InChI=1S/C14H17NO3.ClH/c16-13(12-6-2-1-3-7-12)14(10-17-11-18-14)15-8-4-5-9-15;/h1-3,6-7H,4-5,8-11H2;1H. The van der Waals surface area contributed by atoms with Gasteiger partial charge in [0.2, 0.25) is 11.5 Å². The van der Waals surface area contributed by atoms with Crippen LogP contribution in [0.2, 0.25) is 0 Å². The fourth-order valence-electron chi connectivity index (χ4n) is 2.71. The molecule has 19 heavy (non-hydrogen) atoms. The first-order chi connectivity index (χ1) is 8.83. The number of hydrogen-bond acceptors (Lipinski definition) is 4. The van der Waals surface area contributed by atoms with E-state index in [4.69, 9.17) is 9.47 Å². The van der Waals surface area contributed by atoms with Crippen molar-refractivity contribution >= 4 is 18.2 Å². The third-order valence-corrected chi connectivity index (χ3v) is 3.69. The number of carbonyl (C=O) groups excluding carboxylic acids is 1. The Bertz CT molecular complexity index is 426. The number of rotatable bonds is 3. The number of Topliss-reactive ketones (excluding diaryl/α,β-unsaturated/α-hetero) is 1. The van der Waals surface area contributed by atoms with Gasteiger partial charge >= 0.3 is 0 Å². The maximum atomic E-state index is 12.7. The molecule has 1 atom stereocenters. The van der Waals surface area contributed by atoms with E-state index in [0.717, 1.165) is 25.9 Å². The van der Waals surface area contributed by atoms with Crippen LogP contribution in [0.3, 0.4) is 0 Å². The normalized spacial score (nSPS) is 27.2. The maximum Gasteiger partial charge on any atom is 0.212 e. The highest BCUT2D eigenvalue weighted by molar-refractivity contribution is 6.02. The van der Waals surface area contributed by atoms with Crippen molar-refractivity contribution in [2.75, 3.05) is 26.5 Å². The molecule has 0 N–H and O–H groups in total. The Morgan fingerprint density at radius 1 is 1.16 bits per heavy atom. The monoisotopic (exact) mass is 283 g/mol. The van der Waals surface area contributed by atoms with Gasteiger partial charge in [-0.15, -0.1) is 12.4 Å².